The number of halogens is 2. The third-order valence-corrected chi connectivity index (χ3v) is 2.91. The van der Waals surface area contributed by atoms with Crippen LogP contribution in [0.3, 0.4) is 0 Å². The van der Waals surface area contributed by atoms with Gasteiger partial charge in [0, 0.05) is 5.56 Å². The van der Waals surface area contributed by atoms with Gasteiger partial charge in [-0.25, -0.2) is 4.39 Å². The Morgan fingerprint density at radius 2 is 1.76 bits per heavy atom. The second kappa shape index (κ2) is 4.73. The Balaban J connectivity index is 2.53. The van der Waals surface area contributed by atoms with Crippen LogP contribution in [-0.2, 0) is 0 Å². The molecule has 2 N–H and O–H groups in total. The van der Waals surface area contributed by atoms with E-state index in [0.29, 0.717) is 5.56 Å². The highest BCUT2D eigenvalue weighted by atomic mass is 35.5. The summed E-state index contributed by atoms with van der Waals surface area (Å²) < 4.78 is 13.7. The molecule has 0 aromatic heterocycles. The van der Waals surface area contributed by atoms with Crippen molar-refractivity contribution in [1.82, 2.24) is 0 Å². The topological polar surface area (TPSA) is 35.2 Å². The van der Waals surface area contributed by atoms with Gasteiger partial charge in [0.25, 0.3) is 0 Å². The molecule has 2 aromatic rings. The van der Waals surface area contributed by atoms with Crippen LogP contribution in [0.2, 0.25) is 5.02 Å². The zero-order valence-electron chi connectivity index (χ0n) is 9.21. The maximum Gasteiger partial charge on any atom is 0.186 e. The van der Waals surface area contributed by atoms with Crippen LogP contribution in [0.25, 0.3) is 11.1 Å². The first-order valence-electron chi connectivity index (χ1n) is 5.05. The molecule has 2 nitrogen and oxygen atoms in total. The van der Waals surface area contributed by atoms with E-state index in [4.69, 9.17) is 17.5 Å². The normalized spacial score (nSPS) is 10.4. The first-order valence-corrected chi connectivity index (χ1v) is 5.43. The molecule has 4 heteroatoms. The molecule has 88 valence electrons. The summed E-state index contributed by atoms with van der Waals surface area (Å²) in [5.74, 6) is 4.22. The zero-order valence-corrected chi connectivity index (χ0v) is 9.96. The summed E-state index contributed by atoms with van der Waals surface area (Å²) in [5.41, 5.74) is 2.60. The summed E-state index contributed by atoms with van der Waals surface area (Å²) in [6.45, 7) is 1.98. The maximum absolute atomic E-state index is 13.7. The molecule has 0 heterocycles. The Morgan fingerprint density at radius 3 is 2.35 bits per heavy atom. The van der Waals surface area contributed by atoms with Gasteiger partial charge in [-0.1, -0.05) is 41.4 Å². The third-order valence-electron chi connectivity index (χ3n) is 2.54. The largest absolute Gasteiger partial charge is 0.408 e. The molecule has 2 rings (SSSR count). The van der Waals surface area contributed by atoms with E-state index < -0.39 is 5.82 Å². The van der Waals surface area contributed by atoms with Crippen LogP contribution in [0.4, 0.5) is 4.39 Å². The van der Waals surface area contributed by atoms with Crippen LogP contribution in [0.5, 0.6) is 5.75 Å². The Bertz CT molecular complexity index is 540. The average Bonchev–Trinajstić information content (AvgIpc) is 2.34. The molecule has 0 aliphatic carbocycles. The summed E-state index contributed by atoms with van der Waals surface area (Å²) in [5, 5.41) is 0.0109. The van der Waals surface area contributed by atoms with Gasteiger partial charge < -0.3 is 4.84 Å². The van der Waals surface area contributed by atoms with Gasteiger partial charge in [-0.3, -0.25) is 0 Å². The molecule has 0 aliphatic rings. The Hall–Kier alpha value is -1.58. The lowest BCUT2D eigenvalue weighted by molar-refractivity contribution is 0.316. The molecular weight excluding hydrogens is 241 g/mol. The summed E-state index contributed by atoms with van der Waals surface area (Å²) in [7, 11) is 0. The Kier molecular flexibility index (Phi) is 3.31. The highest BCUT2D eigenvalue weighted by molar-refractivity contribution is 6.33. The van der Waals surface area contributed by atoms with Crippen LogP contribution in [0.15, 0.2) is 36.4 Å². The fraction of sp³-hybridized carbons (Fsp3) is 0.0769. The van der Waals surface area contributed by atoms with Crippen molar-refractivity contribution in [3.63, 3.8) is 0 Å². The van der Waals surface area contributed by atoms with Crippen molar-refractivity contribution in [3.8, 4) is 16.9 Å². The second-order valence-electron chi connectivity index (χ2n) is 3.72. The van der Waals surface area contributed by atoms with Crippen LogP contribution in [-0.4, -0.2) is 0 Å². The standard InChI is InChI=1S/C13H11ClFNO/c1-8-2-4-9(5-3-8)10-6-7-11(17-16)13(15)12(10)14/h2-7H,16H2,1H3. The van der Waals surface area contributed by atoms with E-state index in [9.17, 15) is 4.39 Å². The van der Waals surface area contributed by atoms with Gasteiger partial charge in [0.1, 0.15) is 0 Å². The third kappa shape index (κ3) is 2.25. The van der Waals surface area contributed by atoms with Crippen molar-refractivity contribution in [2.75, 3.05) is 0 Å². The molecule has 0 amide bonds. The number of benzene rings is 2. The number of rotatable bonds is 2. The fourth-order valence-corrected chi connectivity index (χ4v) is 1.84. The second-order valence-corrected chi connectivity index (χ2v) is 4.10. The van der Waals surface area contributed by atoms with Gasteiger partial charge >= 0.3 is 0 Å². The first kappa shape index (κ1) is 11.9. The summed E-state index contributed by atoms with van der Waals surface area (Å²) in [4.78, 5) is 4.38. The van der Waals surface area contributed by atoms with Gasteiger partial charge in [-0.15, -0.1) is 0 Å². The minimum absolute atomic E-state index is 0.0109. The average molecular weight is 252 g/mol. The monoisotopic (exact) mass is 251 g/mol. The van der Waals surface area contributed by atoms with E-state index in [1.54, 1.807) is 6.07 Å². The minimum atomic E-state index is -0.646. The summed E-state index contributed by atoms with van der Waals surface area (Å²) in [6, 6.07) is 10.8. The van der Waals surface area contributed by atoms with Crippen molar-refractivity contribution in [2.24, 2.45) is 5.90 Å². The molecule has 0 unspecified atom stereocenters. The molecule has 17 heavy (non-hydrogen) atoms. The van der Waals surface area contributed by atoms with Gasteiger partial charge in [-0.2, -0.15) is 5.90 Å². The van der Waals surface area contributed by atoms with E-state index in [2.05, 4.69) is 4.84 Å². The SMILES string of the molecule is Cc1ccc(-c2ccc(ON)c(F)c2Cl)cc1. The van der Waals surface area contributed by atoms with Crippen LogP contribution in [0.1, 0.15) is 5.56 Å². The number of aryl methyl sites for hydroxylation is 1. The van der Waals surface area contributed by atoms with Gasteiger partial charge in [0.15, 0.2) is 11.6 Å². The van der Waals surface area contributed by atoms with Crippen LogP contribution in [0, 0.1) is 12.7 Å². The van der Waals surface area contributed by atoms with Crippen molar-refractivity contribution in [2.45, 2.75) is 6.92 Å². The van der Waals surface area contributed by atoms with Crippen molar-refractivity contribution in [1.29, 1.82) is 0 Å². The lowest BCUT2D eigenvalue weighted by Crippen LogP contribution is -2.04. The van der Waals surface area contributed by atoms with Crippen LogP contribution >= 0.6 is 11.6 Å². The molecule has 0 spiro atoms. The first-order chi connectivity index (χ1) is 8.13. The smallest absolute Gasteiger partial charge is 0.186 e. The Labute approximate surface area is 104 Å². The number of hydrogen-bond donors (Lipinski definition) is 1. The highest BCUT2D eigenvalue weighted by Crippen LogP contribution is 2.34. The van der Waals surface area contributed by atoms with Crippen molar-refractivity contribution >= 4 is 11.6 Å². The molecule has 0 radical (unpaired) electrons. The molecular formula is C13H11ClFNO. The maximum atomic E-state index is 13.7. The van der Waals surface area contributed by atoms with Crippen molar-refractivity contribution < 1.29 is 9.23 Å². The fourth-order valence-electron chi connectivity index (χ4n) is 1.58. The molecule has 0 aliphatic heterocycles. The van der Waals surface area contributed by atoms with E-state index in [-0.39, 0.29) is 10.8 Å². The molecule has 0 atom stereocenters. The molecule has 2 aromatic carbocycles. The predicted octanol–water partition coefficient (Wildman–Crippen LogP) is 3.71. The van der Waals surface area contributed by atoms with E-state index in [1.165, 1.54) is 6.07 Å². The highest BCUT2D eigenvalue weighted by Gasteiger charge is 2.13. The predicted molar refractivity (Wildman–Crippen MR) is 66.4 cm³/mol. The van der Waals surface area contributed by atoms with Gasteiger partial charge in [0.05, 0.1) is 5.02 Å². The lowest BCUT2D eigenvalue weighted by atomic mass is 10.0. The number of hydrogen-bond acceptors (Lipinski definition) is 2. The summed E-state index contributed by atoms with van der Waals surface area (Å²) in [6.07, 6.45) is 0. The summed E-state index contributed by atoms with van der Waals surface area (Å²) >= 11 is 5.94. The van der Waals surface area contributed by atoms with Crippen molar-refractivity contribution in [3.05, 3.63) is 52.8 Å². The number of nitrogens with two attached hydrogens (primary N) is 1. The molecule has 0 fully saturated rings. The molecule has 0 saturated heterocycles. The van der Waals surface area contributed by atoms with E-state index in [1.807, 2.05) is 31.2 Å². The minimum Gasteiger partial charge on any atom is -0.408 e. The quantitative estimate of drug-likeness (QED) is 0.826. The molecule has 0 bridgehead atoms. The lowest BCUT2D eigenvalue weighted by Gasteiger charge is -2.08. The zero-order chi connectivity index (χ0) is 12.4. The van der Waals surface area contributed by atoms with E-state index in [0.717, 1.165) is 11.1 Å². The molecule has 0 saturated carbocycles. The van der Waals surface area contributed by atoms with Crippen LogP contribution < -0.4 is 10.7 Å². The Morgan fingerprint density at radius 1 is 1.12 bits per heavy atom. The van der Waals surface area contributed by atoms with Gasteiger partial charge in [0.2, 0.25) is 0 Å². The van der Waals surface area contributed by atoms with Gasteiger partial charge in [-0.05, 0) is 24.6 Å². The van der Waals surface area contributed by atoms with E-state index >= 15 is 0 Å².